The number of benzene rings is 2. The summed E-state index contributed by atoms with van der Waals surface area (Å²) >= 11 is 0. The number of aromatic nitrogens is 3. The molecule has 1 saturated carbocycles. The number of amides is 1. The van der Waals surface area contributed by atoms with Crippen LogP contribution in [0.15, 0.2) is 35.1 Å². The average Bonchev–Trinajstić information content (AvgIpc) is 3.59. The van der Waals surface area contributed by atoms with Gasteiger partial charge in [0.25, 0.3) is 5.91 Å². The average molecular weight is 516 g/mol. The van der Waals surface area contributed by atoms with Crippen LogP contribution in [0.25, 0.3) is 5.69 Å². The number of carbonyl (C=O) groups is 1. The van der Waals surface area contributed by atoms with Crippen molar-refractivity contribution in [2.45, 2.75) is 38.1 Å². The number of methoxy groups -OCH3 is 1. The van der Waals surface area contributed by atoms with Gasteiger partial charge in [-0.15, -0.1) is 5.10 Å². The minimum atomic E-state index is -4.88. The molecular formula is C22H18F6N4O4. The zero-order valence-electron chi connectivity index (χ0n) is 18.7. The Hall–Kier alpha value is -3.97. The smallest absolute Gasteiger partial charge is 0.425 e. The van der Waals surface area contributed by atoms with Crippen LogP contribution in [0, 0.1) is 17.5 Å². The molecule has 2 aromatic carbocycles. The van der Waals surface area contributed by atoms with Gasteiger partial charge >= 0.3 is 17.9 Å². The Bertz CT molecular complexity index is 1360. The van der Waals surface area contributed by atoms with Crippen molar-refractivity contribution in [2.24, 2.45) is 0 Å². The van der Waals surface area contributed by atoms with Crippen molar-refractivity contribution >= 4 is 11.6 Å². The monoisotopic (exact) mass is 516 g/mol. The van der Waals surface area contributed by atoms with Crippen molar-refractivity contribution in [3.63, 3.8) is 0 Å². The zero-order chi connectivity index (χ0) is 26.4. The number of hydrogen-bond donors (Lipinski definition) is 1. The van der Waals surface area contributed by atoms with Gasteiger partial charge < -0.3 is 14.8 Å². The SMILES string of the molecule is COc1nn(-c2cc(O[C@@H](C)C(F)(F)F)c(C(=O)Nc3c(F)cccc3F)cc2F)c(=O)n1C1CC1. The van der Waals surface area contributed by atoms with Crippen LogP contribution in [-0.4, -0.2) is 39.6 Å². The molecule has 1 amide bonds. The number of para-hydroxylation sites is 1. The Kier molecular flexibility index (Phi) is 6.45. The van der Waals surface area contributed by atoms with E-state index in [2.05, 4.69) is 5.10 Å². The van der Waals surface area contributed by atoms with Gasteiger partial charge in [0, 0.05) is 12.1 Å². The summed E-state index contributed by atoms with van der Waals surface area (Å²) in [5.41, 5.74) is -3.16. The van der Waals surface area contributed by atoms with Crippen LogP contribution < -0.4 is 20.5 Å². The van der Waals surface area contributed by atoms with Crippen molar-refractivity contribution in [3.05, 3.63) is 63.8 Å². The van der Waals surface area contributed by atoms with Crippen LogP contribution in [-0.2, 0) is 0 Å². The number of ether oxygens (including phenoxy) is 2. The van der Waals surface area contributed by atoms with Crippen molar-refractivity contribution in [1.29, 1.82) is 0 Å². The molecule has 0 radical (unpaired) electrons. The predicted molar refractivity (Wildman–Crippen MR) is 113 cm³/mol. The van der Waals surface area contributed by atoms with Crippen LogP contribution in [0.4, 0.5) is 32.0 Å². The lowest BCUT2D eigenvalue weighted by molar-refractivity contribution is -0.189. The van der Waals surface area contributed by atoms with Crippen molar-refractivity contribution in [1.82, 2.24) is 14.3 Å². The number of hydrogen-bond acceptors (Lipinski definition) is 5. The summed E-state index contributed by atoms with van der Waals surface area (Å²) in [6.45, 7) is 0.637. The van der Waals surface area contributed by atoms with E-state index >= 15 is 4.39 Å². The molecule has 0 unspecified atom stereocenters. The van der Waals surface area contributed by atoms with E-state index in [9.17, 15) is 31.5 Å². The topological polar surface area (TPSA) is 87.4 Å². The molecule has 1 aliphatic rings. The molecule has 0 saturated heterocycles. The molecular weight excluding hydrogens is 498 g/mol. The summed E-state index contributed by atoms with van der Waals surface area (Å²) < 4.78 is 94.4. The first-order chi connectivity index (χ1) is 16.9. The van der Waals surface area contributed by atoms with Gasteiger partial charge in [-0.25, -0.2) is 22.5 Å². The quantitative estimate of drug-likeness (QED) is 0.472. The first-order valence-corrected chi connectivity index (χ1v) is 10.5. The molecule has 36 heavy (non-hydrogen) atoms. The first-order valence-electron chi connectivity index (χ1n) is 10.5. The number of alkyl halides is 3. The fraction of sp³-hybridized carbons (Fsp3) is 0.318. The Morgan fingerprint density at radius 1 is 1.14 bits per heavy atom. The van der Waals surface area contributed by atoms with Gasteiger partial charge in [0.05, 0.1) is 12.7 Å². The molecule has 1 N–H and O–H groups in total. The summed E-state index contributed by atoms with van der Waals surface area (Å²) in [6, 6.07) is 3.48. The summed E-state index contributed by atoms with van der Waals surface area (Å²) in [5, 5.41) is 5.75. The summed E-state index contributed by atoms with van der Waals surface area (Å²) in [5.74, 6) is -5.75. The lowest BCUT2D eigenvalue weighted by atomic mass is 10.1. The Labute approximate surface area is 199 Å². The van der Waals surface area contributed by atoms with Gasteiger partial charge in [-0.1, -0.05) is 6.07 Å². The van der Waals surface area contributed by atoms with Gasteiger partial charge in [0.15, 0.2) is 6.10 Å². The van der Waals surface area contributed by atoms with Crippen LogP contribution in [0.2, 0.25) is 0 Å². The molecule has 1 atom stereocenters. The number of halogens is 6. The first kappa shape index (κ1) is 25.1. The van der Waals surface area contributed by atoms with Crippen LogP contribution >= 0.6 is 0 Å². The molecule has 0 bridgehead atoms. The molecule has 1 aliphatic carbocycles. The number of anilines is 1. The lowest BCUT2D eigenvalue weighted by Crippen LogP contribution is -2.32. The third kappa shape index (κ3) is 4.75. The Morgan fingerprint density at radius 2 is 1.78 bits per heavy atom. The number of nitrogens with one attached hydrogen (secondary N) is 1. The second kappa shape index (κ2) is 9.24. The molecule has 4 rings (SSSR count). The molecule has 0 spiro atoms. The molecule has 3 aromatic rings. The third-order valence-electron chi connectivity index (χ3n) is 5.36. The van der Waals surface area contributed by atoms with Crippen molar-refractivity contribution < 1.29 is 40.6 Å². The van der Waals surface area contributed by atoms with Gasteiger partial charge in [0.1, 0.15) is 34.6 Å². The number of carbonyl (C=O) groups excluding carboxylic acids is 1. The van der Waals surface area contributed by atoms with Gasteiger partial charge in [-0.2, -0.15) is 17.9 Å². The maximum Gasteiger partial charge on any atom is 0.425 e. The second-order valence-corrected chi connectivity index (χ2v) is 7.93. The summed E-state index contributed by atoms with van der Waals surface area (Å²) in [6.07, 6.45) is -6.06. The van der Waals surface area contributed by atoms with E-state index in [0.717, 1.165) is 18.2 Å². The molecule has 192 valence electrons. The second-order valence-electron chi connectivity index (χ2n) is 7.93. The minimum absolute atomic E-state index is 0.148. The normalized spacial score (nSPS) is 14.4. The Balaban J connectivity index is 1.82. The summed E-state index contributed by atoms with van der Waals surface area (Å²) in [4.78, 5) is 25.6. The molecule has 14 heteroatoms. The minimum Gasteiger partial charge on any atom is -0.480 e. The van der Waals surface area contributed by atoms with E-state index in [-0.39, 0.29) is 12.1 Å². The predicted octanol–water partition coefficient (Wildman–Crippen LogP) is 4.38. The lowest BCUT2D eigenvalue weighted by Gasteiger charge is -2.20. The highest BCUT2D eigenvalue weighted by atomic mass is 19.4. The van der Waals surface area contributed by atoms with Gasteiger partial charge in [0.2, 0.25) is 0 Å². The van der Waals surface area contributed by atoms with E-state index in [1.54, 1.807) is 0 Å². The third-order valence-corrected chi connectivity index (χ3v) is 5.36. The fourth-order valence-electron chi connectivity index (χ4n) is 3.34. The van der Waals surface area contributed by atoms with E-state index in [1.165, 1.54) is 11.7 Å². The molecule has 8 nitrogen and oxygen atoms in total. The van der Waals surface area contributed by atoms with E-state index in [4.69, 9.17) is 9.47 Å². The van der Waals surface area contributed by atoms with Gasteiger partial charge in [-0.05, 0) is 38.0 Å². The molecule has 0 aliphatic heterocycles. The zero-order valence-corrected chi connectivity index (χ0v) is 18.7. The van der Waals surface area contributed by atoms with E-state index in [1.807, 2.05) is 5.32 Å². The van der Waals surface area contributed by atoms with Crippen LogP contribution in [0.1, 0.15) is 36.2 Å². The number of rotatable bonds is 7. The highest BCUT2D eigenvalue weighted by Gasteiger charge is 2.39. The molecule has 1 aromatic heterocycles. The number of nitrogens with zero attached hydrogens (tertiary/aromatic N) is 3. The maximum atomic E-state index is 15.1. The highest BCUT2D eigenvalue weighted by molar-refractivity contribution is 6.06. The highest BCUT2D eigenvalue weighted by Crippen LogP contribution is 2.37. The van der Waals surface area contributed by atoms with Crippen LogP contribution in [0.5, 0.6) is 11.8 Å². The standard InChI is InChI=1S/C22H18F6N4O4/c1-10(22(26,27)28)36-17-9-16(32-21(34)31(11-6-7-11)20(30-32)35-2)15(25)8-12(17)19(33)29-18-13(23)4-3-5-14(18)24/h3-5,8-11H,6-7H2,1-2H3,(H,29,33)/t10-/m0/s1. The van der Waals surface area contributed by atoms with E-state index < -0.39 is 64.0 Å². The van der Waals surface area contributed by atoms with Crippen molar-refractivity contribution in [2.75, 3.05) is 12.4 Å². The van der Waals surface area contributed by atoms with E-state index in [0.29, 0.717) is 36.6 Å². The molecule has 1 fully saturated rings. The van der Waals surface area contributed by atoms with Crippen LogP contribution in [0.3, 0.4) is 0 Å². The maximum absolute atomic E-state index is 15.1. The Morgan fingerprint density at radius 3 is 2.33 bits per heavy atom. The molecule has 1 heterocycles. The summed E-state index contributed by atoms with van der Waals surface area (Å²) in [7, 11) is 1.23. The fourth-order valence-corrected chi connectivity index (χ4v) is 3.34. The van der Waals surface area contributed by atoms with Gasteiger partial charge in [-0.3, -0.25) is 4.79 Å². The largest absolute Gasteiger partial charge is 0.480 e. The van der Waals surface area contributed by atoms with Crippen molar-refractivity contribution in [3.8, 4) is 17.4 Å².